The minimum atomic E-state index is -4.29. The number of carbonyl (C=O) groups excluding carboxylic acids is 1. The van der Waals surface area contributed by atoms with Gasteiger partial charge < -0.3 is 11.1 Å². The van der Waals surface area contributed by atoms with E-state index in [0.29, 0.717) is 19.3 Å². The van der Waals surface area contributed by atoms with Crippen LogP contribution in [0.25, 0.3) is 0 Å². The van der Waals surface area contributed by atoms with Crippen LogP contribution in [0, 0.1) is 11.8 Å². The van der Waals surface area contributed by atoms with E-state index in [1.165, 1.54) is 0 Å². The predicted molar refractivity (Wildman–Crippen MR) is 70.0 cm³/mol. The van der Waals surface area contributed by atoms with E-state index in [0.717, 1.165) is 0 Å². The lowest BCUT2D eigenvalue weighted by Gasteiger charge is -2.32. The zero-order valence-corrected chi connectivity index (χ0v) is 12.0. The number of hydrogen-bond donors (Lipinski definition) is 2. The Morgan fingerprint density at radius 2 is 1.79 bits per heavy atom. The van der Waals surface area contributed by atoms with Gasteiger partial charge in [0.2, 0.25) is 5.91 Å². The largest absolute Gasteiger partial charge is 0.392 e. The fraction of sp³-hybridized carbons (Fsp3) is 0.917. The highest BCUT2D eigenvalue weighted by atomic mass is 35.5. The molecule has 0 saturated heterocycles. The fourth-order valence-electron chi connectivity index (χ4n) is 2.28. The number of nitrogens with one attached hydrogen (secondary N) is 1. The molecule has 3 nitrogen and oxygen atoms in total. The molecule has 2 atom stereocenters. The number of rotatable bonds is 3. The van der Waals surface area contributed by atoms with E-state index >= 15 is 0 Å². The molecule has 1 rings (SSSR count). The number of nitrogens with two attached hydrogens (primary N) is 1. The second kappa shape index (κ2) is 6.79. The molecule has 1 amide bonds. The summed E-state index contributed by atoms with van der Waals surface area (Å²) >= 11 is 0. The molecule has 2 unspecified atom stereocenters. The van der Waals surface area contributed by atoms with Crippen LogP contribution in [0.1, 0.15) is 39.5 Å². The van der Waals surface area contributed by atoms with Gasteiger partial charge in [-0.25, -0.2) is 0 Å². The first-order valence-corrected chi connectivity index (χ1v) is 6.24. The van der Waals surface area contributed by atoms with Gasteiger partial charge in [0.05, 0.1) is 5.92 Å². The van der Waals surface area contributed by atoms with Gasteiger partial charge in [-0.3, -0.25) is 4.79 Å². The minimum Gasteiger partial charge on any atom is -0.354 e. The van der Waals surface area contributed by atoms with Crippen molar-refractivity contribution in [2.24, 2.45) is 17.6 Å². The van der Waals surface area contributed by atoms with Gasteiger partial charge in [-0.05, 0) is 26.7 Å². The van der Waals surface area contributed by atoms with Gasteiger partial charge in [0.25, 0.3) is 0 Å². The highest BCUT2D eigenvalue weighted by Crippen LogP contribution is 2.41. The monoisotopic (exact) mass is 302 g/mol. The second-order valence-corrected chi connectivity index (χ2v) is 5.75. The molecule has 0 aromatic carbocycles. The lowest BCUT2D eigenvalue weighted by Crippen LogP contribution is -2.49. The van der Waals surface area contributed by atoms with Gasteiger partial charge in [0.15, 0.2) is 0 Å². The van der Waals surface area contributed by atoms with Crippen LogP contribution in [0.2, 0.25) is 0 Å². The smallest absolute Gasteiger partial charge is 0.354 e. The molecule has 7 heteroatoms. The molecule has 0 radical (unpaired) electrons. The molecule has 1 fully saturated rings. The van der Waals surface area contributed by atoms with E-state index < -0.39 is 29.5 Å². The van der Waals surface area contributed by atoms with Gasteiger partial charge in [-0.15, -0.1) is 12.4 Å². The van der Waals surface area contributed by atoms with Crippen LogP contribution in [-0.4, -0.2) is 24.2 Å². The molecule has 3 N–H and O–H groups in total. The summed E-state index contributed by atoms with van der Waals surface area (Å²) in [5.74, 6) is -2.98. The molecule has 1 saturated carbocycles. The summed E-state index contributed by atoms with van der Waals surface area (Å²) in [7, 11) is 0. The molecule has 0 bridgehead atoms. The quantitative estimate of drug-likeness (QED) is 0.842. The highest BCUT2D eigenvalue weighted by molar-refractivity contribution is 5.85. The Bertz CT molecular complexity index is 302. The van der Waals surface area contributed by atoms with Crippen molar-refractivity contribution in [3.05, 3.63) is 0 Å². The third-order valence-electron chi connectivity index (χ3n) is 3.24. The maximum Gasteiger partial charge on any atom is 0.392 e. The Hall–Kier alpha value is -0.490. The first-order chi connectivity index (χ1) is 8.11. The Kier molecular flexibility index (Phi) is 6.62. The standard InChI is InChI=1S/C12H21F3N2O.ClH/c1-11(2,16)7-17-10(18)8-5-3-4-6-9(8)12(13,14)15;/h8-9H,3-7,16H2,1-2H3,(H,17,18);1H. The van der Waals surface area contributed by atoms with E-state index in [-0.39, 0.29) is 25.4 Å². The summed E-state index contributed by atoms with van der Waals surface area (Å²) in [6.45, 7) is 3.62. The third-order valence-corrected chi connectivity index (χ3v) is 3.24. The van der Waals surface area contributed by atoms with Gasteiger partial charge in [0.1, 0.15) is 0 Å². The Morgan fingerprint density at radius 3 is 2.26 bits per heavy atom. The summed E-state index contributed by atoms with van der Waals surface area (Å²) in [4.78, 5) is 11.8. The first kappa shape index (κ1) is 18.5. The van der Waals surface area contributed by atoms with Crippen LogP contribution < -0.4 is 11.1 Å². The molecule has 0 aliphatic heterocycles. The SMILES string of the molecule is CC(C)(N)CNC(=O)C1CCCCC1C(F)(F)F.Cl. The number of amides is 1. The number of carbonyl (C=O) groups is 1. The summed E-state index contributed by atoms with van der Waals surface area (Å²) in [6, 6.07) is 0. The van der Waals surface area contributed by atoms with E-state index in [2.05, 4.69) is 5.32 Å². The van der Waals surface area contributed by atoms with Crippen molar-refractivity contribution in [3.63, 3.8) is 0 Å². The summed E-state index contributed by atoms with van der Waals surface area (Å²) in [5.41, 5.74) is 5.08. The lowest BCUT2D eigenvalue weighted by molar-refractivity contribution is -0.198. The van der Waals surface area contributed by atoms with E-state index in [1.807, 2.05) is 0 Å². The molecular formula is C12H22ClF3N2O. The molecule has 1 aliphatic rings. The topological polar surface area (TPSA) is 55.1 Å². The molecular weight excluding hydrogens is 281 g/mol. The zero-order valence-electron chi connectivity index (χ0n) is 11.2. The van der Waals surface area contributed by atoms with Crippen molar-refractivity contribution < 1.29 is 18.0 Å². The average Bonchev–Trinajstić information content (AvgIpc) is 2.24. The number of halogens is 4. The molecule has 1 aliphatic carbocycles. The van der Waals surface area contributed by atoms with Crippen LogP contribution in [-0.2, 0) is 4.79 Å². The maximum absolute atomic E-state index is 12.8. The predicted octanol–water partition coefficient (Wildman–Crippen LogP) is 2.63. The van der Waals surface area contributed by atoms with Crippen molar-refractivity contribution in [2.45, 2.75) is 51.2 Å². The number of alkyl halides is 3. The van der Waals surface area contributed by atoms with Crippen molar-refractivity contribution in [1.29, 1.82) is 0 Å². The minimum absolute atomic E-state index is 0. The van der Waals surface area contributed by atoms with Crippen molar-refractivity contribution in [2.75, 3.05) is 6.54 Å². The highest BCUT2D eigenvalue weighted by Gasteiger charge is 2.48. The van der Waals surface area contributed by atoms with Crippen molar-refractivity contribution >= 4 is 18.3 Å². The molecule has 0 heterocycles. The Balaban J connectivity index is 0.00000324. The summed E-state index contributed by atoms with van der Waals surface area (Å²) in [6.07, 6.45) is -2.72. The Labute approximate surface area is 117 Å². The van der Waals surface area contributed by atoms with Crippen LogP contribution in [0.4, 0.5) is 13.2 Å². The van der Waals surface area contributed by atoms with Crippen molar-refractivity contribution in [3.8, 4) is 0 Å². The number of hydrogen-bond acceptors (Lipinski definition) is 2. The normalized spacial score (nSPS) is 24.5. The first-order valence-electron chi connectivity index (χ1n) is 6.24. The summed E-state index contributed by atoms with van der Waals surface area (Å²) in [5, 5.41) is 2.53. The van der Waals surface area contributed by atoms with E-state index in [1.54, 1.807) is 13.8 Å². The third kappa shape index (κ3) is 5.99. The van der Waals surface area contributed by atoms with Crippen LogP contribution in [0.3, 0.4) is 0 Å². The molecule has 19 heavy (non-hydrogen) atoms. The van der Waals surface area contributed by atoms with Crippen LogP contribution in [0.5, 0.6) is 0 Å². The van der Waals surface area contributed by atoms with E-state index in [4.69, 9.17) is 5.73 Å². The lowest BCUT2D eigenvalue weighted by atomic mass is 9.78. The van der Waals surface area contributed by atoms with Gasteiger partial charge in [0, 0.05) is 18.0 Å². The molecule has 0 spiro atoms. The molecule has 114 valence electrons. The van der Waals surface area contributed by atoms with Gasteiger partial charge >= 0.3 is 6.18 Å². The van der Waals surface area contributed by atoms with Crippen LogP contribution in [0.15, 0.2) is 0 Å². The van der Waals surface area contributed by atoms with Crippen LogP contribution >= 0.6 is 12.4 Å². The summed E-state index contributed by atoms with van der Waals surface area (Å²) < 4.78 is 38.5. The fourth-order valence-corrected chi connectivity index (χ4v) is 2.28. The van der Waals surface area contributed by atoms with Crippen molar-refractivity contribution in [1.82, 2.24) is 5.32 Å². The molecule has 0 aromatic rings. The Morgan fingerprint density at radius 1 is 1.26 bits per heavy atom. The maximum atomic E-state index is 12.8. The zero-order chi connectivity index (χ0) is 14.0. The average molecular weight is 303 g/mol. The second-order valence-electron chi connectivity index (χ2n) is 5.75. The molecule has 0 aromatic heterocycles. The van der Waals surface area contributed by atoms with Gasteiger partial charge in [-0.2, -0.15) is 13.2 Å². The van der Waals surface area contributed by atoms with E-state index in [9.17, 15) is 18.0 Å². The van der Waals surface area contributed by atoms with Gasteiger partial charge in [-0.1, -0.05) is 12.8 Å².